The lowest BCUT2D eigenvalue weighted by Gasteiger charge is -2.17. The monoisotopic (exact) mass is 411 g/mol. The molecule has 0 saturated heterocycles. The summed E-state index contributed by atoms with van der Waals surface area (Å²) in [5.41, 5.74) is 10.3. The second-order valence-electron chi connectivity index (χ2n) is 7.03. The first-order chi connectivity index (χ1) is 13.8. The van der Waals surface area contributed by atoms with Crippen molar-refractivity contribution in [3.63, 3.8) is 0 Å². The number of methoxy groups -OCH3 is 1. The molecular weight excluding hydrogens is 386 g/mol. The number of benzene rings is 2. The molecule has 6 nitrogen and oxygen atoms in total. The van der Waals surface area contributed by atoms with E-state index in [1.807, 2.05) is 37.4 Å². The van der Waals surface area contributed by atoms with E-state index in [2.05, 4.69) is 11.5 Å². The van der Waals surface area contributed by atoms with E-state index >= 15 is 0 Å². The Morgan fingerprint density at radius 1 is 1.28 bits per heavy atom. The van der Waals surface area contributed by atoms with E-state index in [1.54, 1.807) is 19.2 Å². The number of thiazole rings is 1. The number of aromatic nitrogens is 1. The van der Waals surface area contributed by atoms with Gasteiger partial charge in [-0.2, -0.15) is 0 Å². The molecule has 0 radical (unpaired) electrons. The quantitative estimate of drug-likeness (QED) is 0.640. The van der Waals surface area contributed by atoms with Crippen molar-refractivity contribution in [3.8, 4) is 17.0 Å². The van der Waals surface area contributed by atoms with Gasteiger partial charge in [0.25, 0.3) is 5.91 Å². The topological polar surface area (TPSA) is 89.8 Å². The van der Waals surface area contributed by atoms with Crippen LogP contribution >= 0.6 is 11.3 Å². The van der Waals surface area contributed by atoms with E-state index in [4.69, 9.17) is 15.5 Å². The Hall–Kier alpha value is -2.90. The van der Waals surface area contributed by atoms with Crippen molar-refractivity contribution in [2.45, 2.75) is 26.8 Å². The van der Waals surface area contributed by atoms with E-state index in [9.17, 15) is 9.90 Å². The van der Waals surface area contributed by atoms with Crippen LogP contribution < -0.4 is 10.5 Å². The van der Waals surface area contributed by atoms with Crippen molar-refractivity contribution >= 4 is 22.9 Å². The number of carbonyl (C=O) groups is 1. The summed E-state index contributed by atoms with van der Waals surface area (Å²) in [7, 11) is 1.66. The molecule has 1 atom stereocenters. The number of nitrogens with two attached hydrogens (primary N) is 1. The minimum atomic E-state index is -0.670. The van der Waals surface area contributed by atoms with Crippen LogP contribution in [-0.2, 0) is 4.74 Å². The van der Waals surface area contributed by atoms with E-state index in [0.29, 0.717) is 6.61 Å². The number of para-hydroxylation sites is 1. The summed E-state index contributed by atoms with van der Waals surface area (Å²) < 4.78 is 7.47. The van der Waals surface area contributed by atoms with E-state index < -0.39 is 5.91 Å². The van der Waals surface area contributed by atoms with Crippen molar-refractivity contribution < 1.29 is 14.6 Å². The molecule has 152 valence electrons. The Labute approximate surface area is 173 Å². The number of ether oxygens (including phenoxy) is 1. The number of rotatable bonds is 6. The zero-order valence-corrected chi connectivity index (χ0v) is 17.8. The van der Waals surface area contributed by atoms with Crippen molar-refractivity contribution in [2.24, 2.45) is 10.7 Å². The van der Waals surface area contributed by atoms with Crippen LogP contribution in [0.4, 0.5) is 5.69 Å². The van der Waals surface area contributed by atoms with Crippen LogP contribution in [0.15, 0.2) is 46.8 Å². The van der Waals surface area contributed by atoms with Gasteiger partial charge in [0.05, 0.1) is 29.6 Å². The molecule has 0 unspecified atom stereocenters. The maximum Gasteiger partial charge on any atom is 0.252 e. The zero-order chi connectivity index (χ0) is 21.1. The fourth-order valence-corrected chi connectivity index (χ4v) is 4.33. The molecule has 0 fully saturated rings. The van der Waals surface area contributed by atoms with E-state index in [0.717, 1.165) is 32.9 Å². The molecule has 2 aromatic carbocycles. The zero-order valence-electron chi connectivity index (χ0n) is 17.0. The van der Waals surface area contributed by atoms with Gasteiger partial charge < -0.3 is 20.1 Å². The standard InChI is InChI=1S/C22H25N3O3S/c1-13-6-5-7-14(2)20(13)24-22-25(15(3)11-28-4)18(12-29-22)16-8-9-19(26)17(10-16)21(23)27/h5-10,12,15,26H,11H2,1-4H3,(H2,23,27)/t15-/m0/s1. The summed E-state index contributed by atoms with van der Waals surface area (Å²) in [6, 6.07) is 11.0. The van der Waals surface area contributed by atoms with Crippen LogP contribution in [0.3, 0.4) is 0 Å². The lowest BCUT2D eigenvalue weighted by atomic mass is 10.1. The Balaban J connectivity index is 2.24. The van der Waals surface area contributed by atoms with Gasteiger partial charge in [-0.05, 0) is 50.1 Å². The Kier molecular flexibility index (Phi) is 6.20. The van der Waals surface area contributed by atoms with Crippen molar-refractivity contribution in [3.05, 3.63) is 63.3 Å². The van der Waals surface area contributed by atoms with Crippen molar-refractivity contribution in [1.29, 1.82) is 0 Å². The summed E-state index contributed by atoms with van der Waals surface area (Å²) in [6.07, 6.45) is 0. The lowest BCUT2D eigenvalue weighted by Crippen LogP contribution is -2.23. The third kappa shape index (κ3) is 4.26. The number of nitrogens with zero attached hydrogens (tertiary/aromatic N) is 2. The molecule has 0 aliphatic rings. The first-order valence-electron chi connectivity index (χ1n) is 9.26. The van der Waals surface area contributed by atoms with Crippen LogP contribution in [0.25, 0.3) is 11.3 Å². The molecule has 0 spiro atoms. The van der Waals surface area contributed by atoms with E-state index in [1.165, 1.54) is 17.4 Å². The summed E-state index contributed by atoms with van der Waals surface area (Å²) in [5, 5.41) is 11.9. The minimum absolute atomic E-state index is 0.00940. The molecular formula is C22H25N3O3S. The minimum Gasteiger partial charge on any atom is -0.507 e. The maximum absolute atomic E-state index is 11.7. The normalized spacial score (nSPS) is 12.9. The van der Waals surface area contributed by atoms with Crippen LogP contribution in [0.1, 0.15) is 34.5 Å². The molecule has 1 amide bonds. The van der Waals surface area contributed by atoms with Crippen LogP contribution in [0.2, 0.25) is 0 Å². The Morgan fingerprint density at radius 2 is 1.97 bits per heavy atom. The molecule has 1 heterocycles. The molecule has 3 rings (SSSR count). The van der Waals surface area contributed by atoms with Gasteiger partial charge in [-0.3, -0.25) is 4.79 Å². The number of hydrogen-bond acceptors (Lipinski definition) is 5. The smallest absolute Gasteiger partial charge is 0.252 e. The molecule has 7 heteroatoms. The second kappa shape index (κ2) is 8.63. The van der Waals surface area contributed by atoms with Gasteiger partial charge >= 0.3 is 0 Å². The van der Waals surface area contributed by atoms with E-state index in [-0.39, 0.29) is 17.4 Å². The molecule has 29 heavy (non-hydrogen) atoms. The molecule has 0 aliphatic heterocycles. The van der Waals surface area contributed by atoms with Crippen LogP contribution in [-0.4, -0.2) is 29.3 Å². The Bertz CT molecular complexity index is 1090. The molecule has 0 bridgehead atoms. The fraction of sp³-hybridized carbons (Fsp3) is 0.273. The number of phenols is 1. The Morgan fingerprint density at radius 3 is 2.59 bits per heavy atom. The first-order valence-corrected chi connectivity index (χ1v) is 10.1. The van der Waals surface area contributed by atoms with Crippen LogP contribution in [0, 0.1) is 13.8 Å². The number of primary amides is 1. The van der Waals surface area contributed by atoms with Gasteiger partial charge in [0.15, 0.2) is 4.80 Å². The van der Waals surface area contributed by atoms with Crippen molar-refractivity contribution in [2.75, 3.05) is 13.7 Å². The predicted octanol–water partition coefficient (Wildman–Crippen LogP) is 4.08. The van der Waals surface area contributed by atoms with Gasteiger partial charge in [-0.15, -0.1) is 11.3 Å². The first kappa shape index (κ1) is 20.8. The summed E-state index contributed by atoms with van der Waals surface area (Å²) in [4.78, 5) is 17.4. The van der Waals surface area contributed by atoms with Crippen molar-refractivity contribution in [1.82, 2.24) is 4.57 Å². The highest BCUT2D eigenvalue weighted by Crippen LogP contribution is 2.29. The molecule has 0 aliphatic carbocycles. The molecule has 1 aromatic heterocycles. The average molecular weight is 412 g/mol. The largest absolute Gasteiger partial charge is 0.507 e. The maximum atomic E-state index is 11.7. The van der Waals surface area contributed by atoms with Gasteiger partial charge in [0, 0.05) is 18.1 Å². The number of aryl methyl sites for hydroxylation is 2. The van der Waals surface area contributed by atoms with Gasteiger partial charge in [0.2, 0.25) is 0 Å². The average Bonchev–Trinajstić information content (AvgIpc) is 3.09. The number of aromatic hydroxyl groups is 1. The predicted molar refractivity (Wildman–Crippen MR) is 116 cm³/mol. The molecule has 3 aromatic rings. The second-order valence-corrected chi connectivity index (χ2v) is 7.86. The van der Waals surface area contributed by atoms with Gasteiger partial charge in [-0.1, -0.05) is 18.2 Å². The van der Waals surface area contributed by atoms with Crippen LogP contribution in [0.5, 0.6) is 5.75 Å². The summed E-state index contributed by atoms with van der Waals surface area (Å²) in [6.45, 7) is 6.65. The summed E-state index contributed by atoms with van der Waals surface area (Å²) in [5.74, 6) is -0.801. The summed E-state index contributed by atoms with van der Waals surface area (Å²) >= 11 is 1.52. The highest BCUT2D eigenvalue weighted by molar-refractivity contribution is 7.07. The highest BCUT2D eigenvalue weighted by atomic mass is 32.1. The molecule has 3 N–H and O–H groups in total. The number of hydrogen-bond donors (Lipinski definition) is 2. The van der Waals surface area contributed by atoms with Gasteiger partial charge in [0.1, 0.15) is 5.75 Å². The number of carbonyl (C=O) groups excluding carboxylic acids is 1. The highest BCUT2D eigenvalue weighted by Gasteiger charge is 2.17. The number of amides is 1. The third-order valence-electron chi connectivity index (χ3n) is 4.79. The molecule has 0 saturated carbocycles. The fourth-order valence-electron chi connectivity index (χ4n) is 3.32. The van der Waals surface area contributed by atoms with Gasteiger partial charge in [-0.25, -0.2) is 4.99 Å². The third-order valence-corrected chi connectivity index (χ3v) is 5.63. The lowest BCUT2D eigenvalue weighted by molar-refractivity contribution is 0.0998. The SMILES string of the molecule is COC[C@H](C)n1c(-c2ccc(O)c(C(N)=O)c2)csc1=Nc1c(C)cccc1C.